The minimum atomic E-state index is -0.424. The summed E-state index contributed by atoms with van der Waals surface area (Å²) in [6.07, 6.45) is 1.27. The van der Waals surface area contributed by atoms with Gasteiger partial charge in [-0.2, -0.15) is 5.26 Å². The Labute approximate surface area is 105 Å². The minimum Gasteiger partial charge on any atom is -0.352 e. The fourth-order valence-electron chi connectivity index (χ4n) is 1.27. The largest absolute Gasteiger partial charge is 0.352 e. The van der Waals surface area contributed by atoms with E-state index in [-0.39, 0.29) is 12.3 Å². The van der Waals surface area contributed by atoms with Crippen molar-refractivity contribution in [1.29, 1.82) is 5.26 Å². The molecule has 1 aromatic rings. The zero-order valence-corrected chi connectivity index (χ0v) is 9.77. The molecule has 0 aliphatic carbocycles. The van der Waals surface area contributed by atoms with E-state index in [1.165, 1.54) is 6.08 Å². The first-order valence-corrected chi connectivity index (χ1v) is 5.33. The van der Waals surface area contributed by atoms with E-state index in [1.807, 2.05) is 6.07 Å². The van der Waals surface area contributed by atoms with Crippen LogP contribution in [0, 0.1) is 11.3 Å². The van der Waals surface area contributed by atoms with Crippen LogP contribution in [0.15, 0.2) is 36.9 Å². The molecule has 1 rings (SSSR count). The first-order chi connectivity index (χ1) is 8.65. The molecule has 0 aliphatic heterocycles. The monoisotopic (exact) mass is 243 g/mol. The second kappa shape index (κ2) is 6.86. The van der Waals surface area contributed by atoms with Crippen LogP contribution in [0.3, 0.4) is 0 Å². The highest BCUT2D eigenvalue weighted by atomic mass is 16.2. The second-order valence-corrected chi connectivity index (χ2v) is 3.51. The van der Waals surface area contributed by atoms with Gasteiger partial charge in [-0.3, -0.25) is 9.59 Å². The summed E-state index contributed by atoms with van der Waals surface area (Å²) in [7, 11) is 0. The van der Waals surface area contributed by atoms with Crippen molar-refractivity contribution in [3.05, 3.63) is 42.5 Å². The minimum absolute atomic E-state index is 0.259. The van der Waals surface area contributed by atoms with Crippen molar-refractivity contribution >= 4 is 17.5 Å². The Hall–Kier alpha value is -2.61. The number of amides is 2. The molecule has 1 aromatic carbocycles. The van der Waals surface area contributed by atoms with Crippen molar-refractivity contribution in [2.24, 2.45) is 0 Å². The number of rotatable bonds is 5. The van der Waals surface area contributed by atoms with Crippen LogP contribution in [0.4, 0.5) is 5.69 Å². The fraction of sp³-hybridized carbons (Fsp3) is 0.154. The molecular formula is C13H13N3O2. The number of nitrogens with one attached hydrogen (secondary N) is 2. The van der Waals surface area contributed by atoms with Crippen molar-refractivity contribution in [1.82, 2.24) is 5.32 Å². The molecule has 0 aromatic heterocycles. The molecule has 0 aliphatic rings. The molecule has 0 bridgehead atoms. The van der Waals surface area contributed by atoms with E-state index in [1.54, 1.807) is 24.3 Å². The fourth-order valence-corrected chi connectivity index (χ4v) is 1.27. The third kappa shape index (κ3) is 4.49. The molecule has 5 heteroatoms. The van der Waals surface area contributed by atoms with E-state index >= 15 is 0 Å². The van der Waals surface area contributed by atoms with Gasteiger partial charge in [0.25, 0.3) is 0 Å². The van der Waals surface area contributed by atoms with Gasteiger partial charge >= 0.3 is 0 Å². The third-order valence-corrected chi connectivity index (χ3v) is 2.04. The highest BCUT2D eigenvalue weighted by Crippen LogP contribution is 2.09. The van der Waals surface area contributed by atoms with Gasteiger partial charge in [0.2, 0.25) is 11.8 Å². The number of nitriles is 1. The zero-order valence-electron chi connectivity index (χ0n) is 9.77. The topological polar surface area (TPSA) is 82.0 Å². The van der Waals surface area contributed by atoms with Crippen molar-refractivity contribution in [3.63, 3.8) is 0 Å². The van der Waals surface area contributed by atoms with Crippen LogP contribution in [0.25, 0.3) is 0 Å². The number of benzene rings is 1. The van der Waals surface area contributed by atoms with Crippen molar-refractivity contribution in [2.75, 3.05) is 11.9 Å². The summed E-state index contributed by atoms with van der Waals surface area (Å²) < 4.78 is 0. The van der Waals surface area contributed by atoms with E-state index in [9.17, 15) is 9.59 Å². The Bertz CT molecular complexity index is 503. The number of carbonyl (C=O) groups is 2. The lowest BCUT2D eigenvalue weighted by molar-refractivity contribution is -0.126. The van der Waals surface area contributed by atoms with Gasteiger partial charge in [-0.15, -0.1) is 6.58 Å². The third-order valence-electron chi connectivity index (χ3n) is 2.04. The van der Waals surface area contributed by atoms with E-state index in [0.29, 0.717) is 17.8 Å². The molecule has 0 atom stereocenters. The standard InChI is InChI=1S/C13H13N3O2/c1-2-6-15-12(17)8-13(18)16-11-5-3-4-10(7-11)9-14/h2-5,7H,1,6,8H2,(H,15,17)(H,16,18). The van der Waals surface area contributed by atoms with Crippen LogP contribution < -0.4 is 10.6 Å². The average molecular weight is 243 g/mol. The molecule has 5 nitrogen and oxygen atoms in total. The van der Waals surface area contributed by atoms with Crippen LogP contribution in [-0.2, 0) is 9.59 Å². The molecule has 0 spiro atoms. The van der Waals surface area contributed by atoms with Crippen LogP contribution in [-0.4, -0.2) is 18.4 Å². The Kier molecular flexibility index (Phi) is 5.13. The lowest BCUT2D eigenvalue weighted by Gasteiger charge is -2.05. The van der Waals surface area contributed by atoms with Crippen LogP contribution in [0.1, 0.15) is 12.0 Å². The molecule has 0 unspecified atom stereocenters. The Balaban J connectivity index is 2.51. The molecule has 2 N–H and O–H groups in total. The summed E-state index contributed by atoms with van der Waals surface area (Å²) in [4.78, 5) is 22.8. The first-order valence-electron chi connectivity index (χ1n) is 5.33. The van der Waals surface area contributed by atoms with Gasteiger partial charge in [0.1, 0.15) is 6.42 Å². The van der Waals surface area contributed by atoms with Crippen molar-refractivity contribution < 1.29 is 9.59 Å². The normalized spacial score (nSPS) is 9.06. The van der Waals surface area contributed by atoms with Gasteiger partial charge < -0.3 is 10.6 Å². The van der Waals surface area contributed by atoms with Crippen LogP contribution >= 0.6 is 0 Å². The average Bonchev–Trinajstić information content (AvgIpc) is 2.36. The second-order valence-electron chi connectivity index (χ2n) is 3.51. The number of hydrogen-bond donors (Lipinski definition) is 2. The summed E-state index contributed by atoms with van der Waals surface area (Å²) in [6, 6.07) is 8.45. The quantitative estimate of drug-likeness (QED) is 0.602. The lowest BCUT2D eigenvalue weighted by atomic mass is 10.2. The maximum atomic E-state index is 11.5. The van der Waals surface area contributed by atoms with Gasteiger partial charge in [0.05, 0.1) is 11.6 Å². The summed E-state index contributed by atoms with van der Waals surface area (Å²) in [5.41, 5.74) is 0.944. The molecule has 18 heavy (non-hydrogen) atoms. The summed E-state index contributed by atoms with van der Waals surface area (Å²) in [6.45, 7) is 3.78. The number of anilines is 1. The van der Waals surface area contributed by atoms with Gasteiger partial charge in [0.15, 0.2) is 0 Å². The Morgan fingerprint density at radius 2 is 2.17 bits per heavy atom. The van der Waals surface area contributed by atoms with Gasteiger partial charge in [0, 0.05) is 12.2 Å². The smallest absolute Gasteiger partial charge is 0.233 e. The Morgan fingerprint density at radius 1 is 1.39 bits per heavy atom. The highest BCUT2D eigenvalue weighted by Gasteiger charge is 2.08. The number of hydrogen-bond acceptors (Lipinski definition) is 3. The van der Waals surface area contributed by atoms with E-state index < -0.39 is 5.91 Å². The highest BCUT2D eigenvalue weighted by molar-refractivity contribution is 6.03. The van der Waals surface area contributed by atoms with E-state index in [4.69, 9.17) is 5.26 Å². The Morgan fingerprint density at radius 3 is 2.83 bits per heavy atom. The van der Waals surface area contributed by atoms with Crippen LogP contribution in [0.5, 0.6) is 0 Å². The SMILES string of the molecule is C=CCNC(=O)CC(=O)Nc1cccc(C#N)c1. The summed E-state index contributed by atoms with van der Waals surface area (Å²) in [5, 5.41) is 13.8. The zero-order chi connectivity index (χ0) is 13.4. The summed E-state index contributed by atoms with van der Waals surface area (Å²) in [5.74, 6) is -0.796. The maximum absolute atomic E-state index is 11.5. The summed E-state index contributed by atoms with van der Waals surface area (Å²) >= 11 is 0. The van der Waals surface area contributed by atoms with Gasteiger partial charge in [-0.05, 0) is 18.2 Å². The molecule has 0 saturated carbocycles. The van der Waals surface area contributed by atoms with Crippen molar-refractivity contribution in [3.8, 4) is 6.07 Å². The van der Waals surface area contributed by atoms with Crippen LogP contribution in [0.2, 0.25) is 0 Å². The van der Waals surface area contributed by atoms with Gasteiger partial charge in [-0.1, -0.05) is 12.1 Å². The molecule has 2 amide bonds. The van der Waals surface area contributed by atoms with E-state index in [0.717, 1.165) is 0 Å². The predicted octanol–water partition coefficient (Wildman–Crippen LogP) is 1.19. The molecule has 0 saturated heterocycles. The molecule has 0 heterocycles. The lowest BCUT2D eigenvalue weighted by Crippen LogP contribution is -2.28. The van der Waals surface area contributed by atoms with E-state index in [2.05, 4.69) is 17.2 Å². The predicted molar refractivity (Wildman–Crippen MR) is 67.6 cm³/mol. The maximum Gasteiger partial charge on any atom is 0.233 e. The molecule has 0 fully saturated rings. The molecule has 0 radical (unpaired) electrons. The molecular weight excluding hydrogens is 230 g/mol. The van der Waals surface area contributed by atoms with Crippen molar-refractivity contribution in [2.45, 2.75) is 6.42 Å². The number of nitrogens with zero attached hydrogens (tertiary/aromatic N) is 1. The number of carbonyl (C=O) groups excluding carboxylic acids is 2. The van der Waals surface area contributed by atoms with Gasteiger partial charge in [-0.25, -0.2) is 0 Å². The molecule has 92 valence electrons. The first kappa shape index (κ1) is 13.5.